The first-order chi connectivity index (χ1) is 11.7. The third kappa shape index (κ3) is 5.46. The number of rotatable bonds is 9. The van der Waals surface area contributed by atoms with Crippen molar-refractivity contribution in [2.24, 2.45) is 17.3 Å². The monoisotopic (exact) mass is 335 g/mol. The van der Waals surface area contributed by atoms with E-state index in [0.29, 0.717) is 5.92 Å². The van der Waals surface area contributed by atoms with Gasteiger partial charge in [0.1, 0.15) is 5.41 Å². The molecule has 2 fully saturated rings. The van der Waals surface area contributed by atoms with Crippen molar-refractivity contribution in [2.75, 3.05) is 13.2 Å². The maximum atomic E-state index is 9.82. The molecule has 0 atom stereocenters. The van der Waals surface area contributed by atoms with Gasteiger partial charge in [-0.05, 0) is 38.0 Å². The average Bonchev–Trinajstić information content (AvgIpc) is 2.63. The molecule has 0 amide bonds. The van der Waals surface area contributed by atoms with Crippen molar-refractivity contribution in [3.63, 3.8) is 0 Å². The van der Waals surface area contributed by atoms with E-state index in [4.69, 9.17) is 9.47 Å². The highest BCUT2D eigenvalue weighted by molar-refractivity contribution is 5.04. The molecule has 1 aliphatic heterocycles. The lowest BCUT2D eigenvalue weighted by molar-refractivity contribution is -0.247. The molecule has 1 heterocycles. The molecular weight excluding hydrogens is 298 g/mol. The van der Waals surface area contributed by atoms with Crippen molar-refractivity contribution < 1.29 is 9.47 Å². The van der Waals surface area contributed by atoms with E-state index >= 15 is 0 Å². The second-order valence-corrected chi connectivity index (χ2v) is 8.07. The van der Waals surface area contributed by atoms with Crippen molar-refractivity contribution in [2.45, 2.75) is 97.2 Å². The summed E-state index contributed by atoms with van der Waals surface area (Å²) in [5.74, 6) is 1.33. The Morgan fingerprint density at radius 3 is 1.92 bits per heavy atom. The van der Waals surface area contributed by atoms with Crippen LogP contribution in [0.4, 0.5) is 0 Å². The first kappa shape index (κ1) is 19.7. The summed E-state index contributed by atoms with van der Waals surface area (Å²) in [7, 11) is 0. The van der Waals surface area contributed by atoms with Crippen LogP contribution in [0, 0.1) is 28.6 Å². The molecule has 0 spiro atoms. The summed E-state index contributed by atoms with van der Waals surface area (Å²) in [5, 5.41) is 9.82. The van der Waals surface area contributed by atoms with E-state index in [2.05, 4.69) is 19.9 Å². The standard InChI is InChI=1S/C21H37NO2/c1-3-5-7-9-18-11-13-21(17-22,14-12-18)20-23-15-19(16-24-20)10-8-6-4-2/h18-20H,3-16H2,1-2H3. The molecule has 24 heavy (non-hydrogen) atoms. The molecular formula is C21H37NO2. The fourth-order valence-electron chi connectivity index (χ4n) is 4.28. The van der Waals surface area contributed by atoms with Crippen molar-refractivity contribution in [3.8, 4) is 6.07 Å². The van der Waals surface area contributed by atoms with Crippen molar-refractivity contribution in [1.82, 2.24) is 0 Å². The summed E-state index contributed by atoms with van der Waals surface area (Å²) in [6.45, 7) is 6.05. The van der Waals surface area contributed by atoms with Gasteiger partial charge in [-0.15, -0.1) is 0 Å². The quantitative estimate of drug-likeness (QED) is 0.497. The van der Waals surface area contributed by atoms with Crippen molar-refractivity contribution in [3.05, 3.63) is 0 Å². The molecule has 138 valence electrons. The van der Waals surface area contributed by atoms with Gasteiger partial charge in [-0.3, -0.25) is 0 Å². The Hall–Kier alpha value is -0.590. The number of hydrogen-bond donors (Lipinski definition) is 0. The molecule has 1 saturated heterocycles. The molecule has 3 nitrogen and oxygen atoms in total. The lowest BCUT2D eigenvalue weighted by Gasteiger charge is -2.42. The van der Waals surface area contributed by atoms with Gasteiger partial charge in [-0.2, -0.15) is 5.26 Å². The minimum atomic E-state index is -0.393. The molecule has 1 saturated carbocycles. The van der Waals surface area contributed by atoms with Gasteiger partial charge < -0.3 is 9.47 Å². The number of nitriles is 1. The predicted molar refractivity (Wildman–Crippen MR) is 97.5 cm³/mol. The average molecular weight is 336 g/mol. The van der Waals surface area contributed by atoms with Gasteiger partial charge in [0.05, 0.1) is 19.3 Å². The van der Waals surface area contributed by atoms with Gasteiger partial charge in [-0.1, -0.05) is 58.8 Å². The molecule has 2 aliphatic rings. The molecule has 0 aromatic heterocycles. The Balaban J connectivity index is 1.75. The smallest absolute Gasteiger partial charge is 0.176 e. The van der Waals surface area contributed by atoms with Crippen LogP contribution in [0.25, 0.3) is 0 Å². The Kier molecular flexibility index (Phi) is 8.56. The number of unbranched alkanes of at least 4 members (excludes halogenated alkanes) is 4. The highest BCUT2D eigenvalue weighted by Crippen LogP contribution is 2.45. The van der Waals surface area contributed by atoms with Crippen molar-refractivity contribution in [1.29, 1.82) is 5.26 Å². The summed E-state index contributed by atoms with van der Waals surface area (Å²) in [6.07, 6.45) is 14.3. The third-order valence-corrected chi connectivity index (χ3v) is 6.07. The molecule has 0 N–H and O–H groups in total. The zero-order valence-electron chi connectivity index (χ0n) is 15.9. The van der Waals surface area contributed by atoms with Crippen molar-refractivity contribution >= 4 is 0 Å². The second-order valence-electron chi connectivity index (χ2n) is 8.07. The minimum Gasteiger partial charge on any atom is -0.351 e. The van der Waals surface area contributed by atoms with Crippen LogP contribution in [-0.2, 0) is 9.47 Å². The first-order valence-corrected chi connectivity index (χ1v) is 10.4. The van der Waals surface area contributed by atoms with Crippen LogP contribution in [-0.4, -0.2) is 19.5 Å². The van der Waals surface area contributed by atoms with Crippen LogP contribution in [0.2, 0.25) is 0 Å². The lowest BCUT2D eigenvalue weighted by Crippen LogP contribution is -2.45. The molecule has 0 radical (unpaired) electrons. The van der Waals surface area contributed by atoms with E-state index in [-0.39, 0.29) is 6.29 Å². The summed E-state index contributed by atoms with van der Waals surface area (Å²) in [5.41, 5.74) is -0.393. The van der Waals surface area contributed by atoms with Crippen LogP contribution in [0.5, 0.6) is 0 Å². The van der Waals surface area contributed by atoms with E-state index < -0.39 is 5.41 Å². The minimum absolute atomic E-state index is 0.290. The van der Waals surface area contributed by atoms with E-state index in [1.54, 1.807) is 0 Å². The number of hydrogen-bond acceptors (Lipinski definition) is 3. The second kappa shape index (κ2) is 10.4. The Morgan fingerprint density at radius 2 is 1.42 bits per heavy atom. The van der Waals surface area contributed by atoms with Gasteiger partial charge in [-0.25, -0.2) is 0 Å². The summed E-state index contributed by atoms with van der Waals surface area (Å²) < 4.78 is 12.1. The van der Waals surface area contributed by atoms with Crippen LogP contribution in [0.15, 0.2) is 0 Å². The third-order valence-electron chi connectivity index (χ3n) is 6.07. The van der Waals surface area contributed by atoms with E-state index in [1.165, 1.54) is 64.2 Å². The van der Waals surface area contributed by atoms with Gasteiger partial charge in [0.25, 0.3) is 0 Å². The molecule has 0 unspecified atom stereocenters. The molecule has 2 rings (SSSR count). The van der Waals surface area contributed by atoms with E-state index in [9.17, 15) is 5.26 Å². The fraction of sp³-hybridized carbons (Fsp3) is 0.952. The Bertz CT molecular complexity index is 374. The largest absolute Gasteiger partial charge is 0.351 e. The molecule has 0 aromatic rings. The molecule has 0 bridgehead atoms. The SMILES string of the molecule is CCCCCC1CCC(C#N)(C2OCC(CCCCC)CO2)CC1. The summed E-state index contributed by atoms with van der Waals surface area (Å²) >= 11 is 0. The van der Waals surface area contributed by atoms with Crippen LogP contribution in [0.1, 0.15) is 90.9 Å². The van der Waals surface area contributed by atoms with Gasteiger partial charge in [0.15, 0.2) is 6.29 Å². The molecule has 3 heteroatoms. The van der Waals surface area contributed by atoms with E-state index in [0.717, 1.165) is 32.0 Å². The topological polar surface area (TPSA) is 42.2 Å². The lowest BCUT2D eigenvalue weighted by atomic mass is 9.69. The predicted octanol–water partition coefficient (Wildman–Crippen LogP) is 5.84. The maximum absolute atomic E-state index is 9.82. The van der Waals surface area contributed by atoms with Crippen LogP contribution >= 0.6 is 0 Å². The summed E-state index contributed by atoms with van der Waals surface area (Å²) in [6, 6.07) is 2.59. The Labute approximate surface area is 149 Å². The van der Waals surface area contributed by atoms with Crippen LogP contribution < -0.4 is 0 Å². The first-order valence-electron chi connectivity index (χ1n) is 10.4. The summed E-state index contributed by atoms with van der Waals surface area (Å²) in [4.78, 5) is 0. The zero-order valence-corrected chi connectivity index (χ0v) is 15.9. The molecule has 0 aromatic carbocycles. The Morgan fingerprint density at radius 1 is 0.875 bits per heavy atom. The zero-order chi connectivity index (χ0) is 17.3. The normalized spacial score (nSPS) is 34.0. The number of ether oxygens (including phenoxy) is 2. The fourth-order valence-corrected chi connectivity index (χ4v) is 4.28. The van der Waals surface area contributed by atoms with Gasteiger partial charge in [0.2, 0.25) is 0 Å². The van der Waals surface area contributed by atoms with Gasteiger partial charge in [0, 0.05) is 5.92 Å². The van der Waals surface area contributed by atoms with Gasteiger partial charge >= 0.3 is 0 Å². The van der Waals surface area contributed by atoms with Crippen LogP contribution in [0.3, 0.4) is 0 Å². The maximum Gasteiger partial charge on any atom is 0.176 e. The number of nitrogens with zero attached hydrogens (tertiary/aromatic N) is 1. The molecule has 1 aliphatic carbocycles. The highest BCUT2D eigenvalue weighted by atomic mass is 16.7. The van der Waals surface area contributed by atoms with E-state index in [1.807, 2.05) is 0 Å². The highest BCUT2D eigenvalue weighted by Gasteiger charge is 2.45.